The molecule has 3 N–H and O–H groups in total. The Morgan fingerprint density at radius 1 is 1.31 bits per heavy atom. The minimum Gasteiger partial charge on any atom is -0.359 e. The Kier molecular flexibility index (Phi) is 4.65. The van der Waals surface area contributed by atoms with Crippen molar-refractivity contribution in [2.75, 3.05) is 30.4 Å². The first-order chi connectivity index (χ1) is 13.8. The largest absolute Gasteiger partial charge is 0.359 e. The van der Waals surface area contributed by atoms with Crippen LogP contribution in [0.1, 0.15) is 21.6 Å². The number of pyridine rings is 1. The summed E-state index contributed by atoms with van der Waals surface area (Å²) in [6.45, 7) is 2.21. The fourth-order valence-corrected chi connectivity index (χ4v) is 3.51. The van der Waals surface area contributed by atoms with Gasteiger partial charge in [0.2, 0.25) is 5.91 Å². The van der Waals surface area contributed by atoms with E-state index < -0.39 is 11.6 Å². The standard InChI is InChI=1S/C20H19F2N5O2/c1-10-13(14-6-12(21)7-15(22)18(14)26-10)3-4-23-20(29)11-5-16-19(24-8-11)25-9-17(28)27(16)2/h5-8,26H,3-4,9H2,1-2H3,(H,23,29)(H,24,25). The van der Waals surface area contributed by atoms with E-state index in [9.17, 15) is 18.4 Å². The molecule has 150 valence electrons. The van der Waals surface area contributed by atoms with Crippen LogP contribution in [0.3, 0.4) is 0 Å². The summed E-state index contributed by atoms with van der Waals surface area (Å²) in [4.78, 5) is 32.9. The number of halogens is 2. The number of likely N-dealkylation sites (N-methyl/N-ethyl adjacent to an activating group) is 1. The van der Waals surface area contributed by atoms with E-state index in [4.69, 9.17) is 0 Å². The highest BCUT2D eigenvalue weighted by Gasteiger charge is 2.23. The Morgan fingerprint density at radius 2 is 2.10 bits per heavy atom. The second-order valence-electron chi connectivity index (χ2n) is 6.94. The zero-order chi connectivity index (χ0) is 20.7. The lowest BCUT2D eigenvalue weighted by Gasteiger charge is -2.26. The molecule has 0 saturated heterocycles. The Morgan fingerprint density at radius 3 is 2.90 bits per heavy atom. The van der Waals surface area contributed by atoms with Crippen LogP contribution in [0.5, 0.6) is 0 Å². The van der Waals surface area contributed by atoms with Crippen molar-refractivity contribution in [1.82, 2.24) is 15.3 Å². The van der Waals surface area contributed by atoms with Gasteiger partial charge in [0, 0.05) is 36.9 Å². The highest BCUT2D eigenvalue weighted by atomic mass is 19.1. The lowest BCUT2D eigenvalue weighted by molar-refractivity contribution is -0.116. The first-order valence-electron chi connectivity index (χ1n) is 9.10. The molecule has 2 aromatic heterocycles. The zero-order valence-corrected chi connectivity index (χ0v) is 15.9. The fraction of sp³-hybridized carbons (Fsp3) is 0.250. The fourth-order valence-electron chi connectivity index (χ4n) is 3.51. The number of aromatic nitrogens is 2. The molecule has 3 aromatic rings. The monoisotopic (exact) mass is 399 g/mol. The number of anilines is 2. The van der Waals surface area contributed by atoms with Crippen LogP contribution in [0, 0.1) is 18.6 Å². The molecule has 0 spiro atoms. The van der Waals surface area contributed by atoms with Gasteiger partial charge in [0.05, 0.1) is 23.3 Å². The number of carbonyl (C=O) groups is 2. The maximum Gasteiger partial charge on any atom is 0.252 e. The number of nitrogens with one attached hydrogen (secondary N) is 3. The van der Waals surface area contributed by atoms with Crippen LogP contribution in [0.25, 0.3) is 10.9 Å². The predicted octanol–water partition coefficient (Wildman–Crippen LogP) is 2.51. The van der Waals surface area contributed by atoms with E-state index >= 15 is 0 Å². The molecule has 0 aliphatic carbocycles. The van der Waals surface area contributed by atoms with E-state index in [0.717, 1.165) is 17.3 Å². The van der Waals surface area contributed by atoms with Gasteiger partial charge in [-0.25, -0.2) is 13.8 Å². The van der Waals surface area contributed by atoms with Gasteiger partial charge in [-0.1, -0.05) is 0 Å². The maximum atomic E-state index is 13.9. The molecule has 3 heterocycles. The van der Waals surface area contributed by atoms with Crippen LogP contribution in [-0.2, 0) is 11.2 Å². The van der Waals surface area contributed by atoms with Gasteiger partial charge in [-0.15, -0.1) is 0 Å². The van der Waals surface area contributed by atoms with E-state index in [-0.39, 0.29) is 30.4 Å². The average molecular weight is 399 g/mol. The minimum absolute atomic E-state index is 0.119. The van der Waals surface area contributed by atoms with E-state index in [1.54, 1.807) is 20.0 Å². The Bertz CT molecular complexity index is 1140. The van der Waals surface area contributed by atoms with Gasteiger partial charge in [-0.3, -0.25) is 9.59 Å². The third kappa shape index (κ3) is 3.39. The van der Waals surface area contributed by atoms with Crippen LogP contribution >= 0.6 is 0 Å². The van der Waals surface area contributed by atoms with Crippen molar-refractivity contribution in [2.24, 2.45) is 0 Å². The Hall–Kier alpha value is -3.49. The molecular formula is C20H19F2N5O2. The number of amides is 2. The summed E-state index contributed by atoms with van der Waals surface area (Å²) in [5.41, 5.74) is 2.58. The topological polar surface area (TPSA) is 90.1 Å². The molecule has 7 nitrogen and oxygen atoms in total. The molecule has 29 heavy (non-hydrogen) atoms. The van der Waals surface area contributed by atoms with Gasteiger partial charge in [-0.2, -0.15) is 0 Å². The van der Waals surface area contributed by atoms with E-state index in [1.165, 1.54) is 17.2 Å². The molecule has 1 aliphatic heterocycles. The van der Waals surface area contributed by atoms with Crippen LogP contribution < -0.4 is 15.5 Å². The van der Waals surface area contributed by atoms with Crippen molar-refractivity contribution in [1.29, 1.82) is 0 Å². The summed E-state index contributed by atoms with van der Waals surface area (Å²) in [7, 11) is 1.63. The first kappa shape index (κ1) is 18.9. The van der Waals surface area contributed by atoms with Crippen molar-refractivity contribution < 1.29 is 18.4 Å². The summed E-state index contributed by atoms with van der Waals surface area (Å²) < 4.78 is 27.5. The van der Waals surface area contributed by atoms with Crippen LogP contribution in [0.4, 0.5) is 20.3 Å². The summed E-state index contributed by atoms with van der Waals surface area (Å²) in [6, 6.07) is 3.72. The molecule has 0 bridgehead atoms. The molecule has 9 heteroatoms. The molecule has 0 fully saturated rings. The highest BCUT2D eigenvalue weighted by Crippen LogP contribution is 2.27. The summed E-state index contributed by atoms with van der Waals surface area (Å²) in [5, 5.41) is 6.16. The van der Waals surface area contributed by atoms with Crippen molar-refractivity contribution in [2.45, 2.75) is 13.3 Å². The number of H-pyrrole nitrogens is 1. The van der Waals surface area contributed by atoms with E-state index in [0.29, 0.717) is 28.9 Å². The second-order valence-corrected chi connectivity index (χ2v) is 6.94. The summed E-state index contributed by atoms with van der Waals surface area (Å²) >= 11 is 0. The molecular weight excluding hydrogens is 380 g/mol. The van der Waals surface area contributed by atoms with Gasteiger partial charge in [0.25, 0.3) is 5.91 Å². The highest BCUT2D eigenvalue weighted by molar-refractivity contribution is 6.03. The van der Waals surface area contributed by atoms with Gasteiger partial charge in [0.15, 0.2) is 0 Å². The van der Waals surface area contributed by atoms with Crippen molar-refractivity contribution in [3.05, 3.63) is 52.9 Å². The predicted molar refractivity (Wildman–Crippen MR) is 105 cm³/mol. The van der Waals surface area contributed by atoms with Crippen LogP contribution in [0.2, 0.25) is 0 Å². The number of fused-ring (bicyclic) bond motifs is 2. The number of hydrogen-bond acceptors (Lipinski definition) is 4. The van der Waals surface area contributed by atoms with Crippen LogP contribution in [-0.4, -0.2) is 41.9 Å². The Labute approximate surface area is 165 Å². The number of aromatic amines is 1. The van der Waals surface area contributed by atoms with Gasteiger partial charge >= 0.3 is 0 Å². The van der Waals surface area contributed by atoms with Crippen molar-refractivity contribution >= 4 is 34.2 Å². The zero-order valence-electron chi connectivity index (χ0n) is 15.9. The quantitative estimate of drug-likeness (QED) is 0.629. The minimum atomic E-state index is -0.647. The maximum absolute atomic E-state index is 13.9. The number of aryl methyl sites for hydroxylation is 1. The van der Waals surface area contributed by atoms with E-state index in [1.807, 2.05) is 0 Å². The third-order valence-corrected chi connectivity index (χ3v) is 5.08. The molecule has 1 aromatic carbocycles. The molecule has 4 rings (SSSR count). The SMILES string of the molecule is Cc1[nH]c2c(F)cc(F)cc2c1CCNC(=O)c1cnc2c(c1)N(C)C(=O)CN2. The first-order valence-corrected chi connectivity index (χ1v) is 9.10. The van der Waals surface area contributed by atoms with Gasteiger partial charge < -0.3 is 20.5 Å². The van der Waals surface area contributed by atoms with Gasteiger partial charge in [-0.05, 0) is 31.0 Å². The normalized spacial score (nSPS) is 13.4. The molecule has 0 saturated carbocycles. The van der Waals surface area contributed by atoms with Gasteiger partial charge in [0.1, 0.15) is 17.5 Å². The Balaban J connectivity index is 1.48. The molecule has 1 aliphatic rings. The van der Waals surface area contributed by atoms with E-state index in [2.05, 4.69) is 20.6 Å². The number of nitrogens with zero attached hydrogens (tertiary/aromatic N) is 2. The number of benzene rings is 1. The van der Waals surface area contributed by atoms with Crippen LogP contribution in [0.15, 0.2) is 24.4 Å². The number of carbonyl (C=O) groups excluding carboxylic acids is 2. The average Bonchev–Trinajstić information content (AvgIpc) is 3.00. The second kappa shape index (κ2) is 7.16. The molecule has 0 atom stereocenters. The lowest BCUT2D eigenvalue weighted by Crippen LogP contribution is -2.37. The smallest absolute Gasteiger partial charge is 0.252 e. The summed E-state index contributed by atoms with van der Waals surface area (Å²) in [6.07, 6.45) is 1.84. The number of rotatable bonds is 4. The van der Waals surface area contributed by atoms with Crippen molar-refractivity contribution in [3.63, 3.8) is 0 Å². The summed E-state index contributed by atoms with van der Waals surface area (Å²) in [5.74, 6) is -1.22. The third-order valence-electron chi connectivity index (χ3n) is 5.08. The number of hydrogen-bond donors (Lipinski definition) is 3. The van der Waals surface area contributed by atoms with Crippen molar-refractivity contribution in [3.8, 4) is 0 Å². The molecule has 0 radical (unpaired) electrons. The molecule has 0 unspecified atom stereocenters. The lowest BCUT2D eigenvalue weighted by atomic mass is 10.1. The molecule has 2 amide bonds.